The lowest BCUT2D eigenvalue weighted by atomic mass is 9.97. The molecule has 0 spiro atoms. The van der Waals surface area contributed by atoms with Gasteiger partial charge in [0.15, 0.2) is 0 Å². The minimum atomic E-state index is 1.30. The van der Waals surface area contributed by atoms with Gasteiger partial charge in [-0.2, -0.15) is 0 Å². The smallest absolute Gasteiger partial charge is 0.0171 e. The highest BCUT2D eigenvalue weighted by atomic mass is 14.1. The number of hydrogen-bond acceptors (Lipinski definition) is 0. The highest BCUT2D eigenvalue weighted by Crippen LogP contribution is 2.29. The van der Waals surface area contributed by atoms with E-state index in [2.05, 4.69) is 97.8 Å². The summed E-state index contributed by atoms with van der Waals surface area (Å²) < 4.78 is 0. The van der Waals surface area contributed by atoms with Crippen molar-refractivity contribution in [2.24, 2.45) is 0 Å². The Bertz CT molecular complexity index is 1030. The van der Waals surface area contributed by atoms with Crippen LogP contribution in [0.1, 0.15) is 0 Å². The maximum Gasteiger partial charge on any atom is -0.0171 e. The third kappa shape index (κ3) is 2.28. The second-order valence-corrected chi connectivity index (χ2v) is 5.95. The van der Waals surface area contributed by atoms with Crippen molar-refractivity contribution in [3.05, 3.63) is 84.9 Å². The molecule has 0 nitrogen and oxygen atoms in total. The molecule has 5 rings (SSSR count). The number of fused-ring (bicyclic) bond motifs is 4. The summed E-state index contributed by atoms with van der Waals surface area (Å²) in [4.78, 5) is 0. The number of benzene rings is 5. The SMILES string of the molecule is C#C.c1ccc2cc3cc4cc5ccccc5cc4cc3cc2c1. The van der Waals surface area contributed by atoms with Crippen molar-refractivity contribution >= 4 is 43.1 Å². The third-order valence-electron chi connectivity index (χ3n) is 4.52. The summed E-state index contributed by atoms with van der Waals surface area (Å²) in [6.45, 7) is 0. The molecule has 0 aliphatic heterocycles. The van der Waals surface area contributed by atoms with Crippen LogP contribution in [-0.4, -0.2) is 0 Å². The molecule has 0 fully saturated rings. The molecule has 0 heteroatoms. The molecule has 0 radical (unpaired) electrons. The number of hydrogen-bond donors (Lipinski definition) is 0. The van der Waals surface area contributed by atoms with Crippen molar-refractivity contribution in [2.75, 3.05) is 0 Å². The van der Waals surface area contributed by atoms with E-state index in [1.807, 2.05) is 0 Å². The van der Waals surface area contributed by atoms with E-state index < -0.39 is 0 Å². The van der Waals surface area contributed by atoms with E-state index in [0.717, 1.165) is 0 Å². The van der Waals surface area contributed by atoms with E-state index in [4.69, 9.17) is 0 Å². The van der Waals surface area contributed by atoms with Gasteiger partial charge in [-0.1, -0.05) is 48.5 Å². The normalized spacial score (nSPS) is 10.8. The molecule has 0 heterocycles. The van der Waals surface area contributed by atoms with Crippen molar-refractivity contribution < 1.29 is 0 Å². The molecule has 0 saturated heterocycles. The van der Waals surface area contributed by atoms with E-state index in [1.54, 1.807) is 0 Å². The van der Waals surface area contributed by atoms with Crippen LogP contribution in [0.25, 0.3) is 43.1 Å². The standard InChI is InChI=1S/C22H14.C2H2/c1-2-6-16-10-20-14-22-12-18-8-4-3-7-17(18)11-21(22)13-19(20)9-15(16)5-1;1-2/h1-14H;1-2H. The second-order valence-electron chi connectivity index (χ2n) is 5.95. The Labute approximate surface area is 141 Å². The van der Waals surface area contributed by atoms with E-state index >= 15 is 0 Å². The molecule has 5 aromatic carbocycles. The predicted octanol–water partition coefficient (Wildman–Crippen LogP) is 6.55. The van der Waals surface area contributed by atoms with Gasteiger partial charge in [-0.05, 0) is 79.5 Å². The van der Waals surface area contributed by atoms with Gasteiger partial charge in [-0.25, -0.2) is 0 Å². The fraction of sp³-hybridized carbons (Fsp3) is 0. The summed E-state index contributed by atoms with van der Waals surface area (Å²) in [6.07, 6.45) is 8.00. The van der Waals surface area contributed by atoms with Crippen LogP contribution < -0.4 is 0 Å². The molecule has 0 aliphatic rings. The lowest BCUT2D eigenvalue weighted by molar-refractivity contribution is 1.78. The van der Waals surface area contributed by atoms with Crippen LogP contribution in [0.4, 0.5) is 0 Å². The first-order valence-electron chi connectivity index (χ1n) is 7.95. The molecule has 0 amide bonds. The second kappa shape index (κ2) is 5.72. The van der Waals surface area contributed by atoms with Gasteiger partial charge in [0.25, 0.3) is 0 Å². The Balaban J connectivity index is 0.000000704. The summed E-state index contributed by atoms with van der Waals surface area (Å²) in [5, 5.41) is 10.4. The molecule has 0 bridgehead atoms. The monoisotopic (exact) mass is 304 g/mol. The quantitative estimate of drug-likeness (QED) is 0.225. The largest absolute Gasteiger partial charge is 0.124 e. The van der Waals surface area contributed by atoms with Crippen molar-refractivity contribution in [3.63, 3.8) is 0 Å². The van der Waals surface area contributed by atoms with E-state index in [-0.39, 0.29) is 0 Å². The van der Waals surface area contributed by atoms with Crippen molar-refractivity contribution in [1.29, 1.82) is 0 Å². The Morgan fingerprint density at radius 1 is 0.333 bits per heavy atom. The van der Waals surface area contributed by atoms with E-state index in [0.29, 0.717) is 0 Å². The van der Waals surface area contributed by atoms with Crippen LogP contribution in [0.2, 0.25) is 0 Å². The molecular formula is C24H16. The molecule has 0 N–H and O–H groups in total. The maximum atomic E-state index is 4.00. The maximum absolute atomic E-state index is 4.00. The van der Waals surface area contributed by atoms with Crippen LogP contribution in [0.3, 0.4) is 0 Å². The van der Waals surface area contributed by atoms with Gasteiger partial charge < -0.3 is 0 Å². The first-order valence-corrected chi connectivity index (χ1v) is 7.95. The minimum absolute atomic E-state index is 1.30. The summed E-state index contributed by atoms with van der Waals surface area (Å²) in [7, 11) is 0. The van der Waals surface area contributed by atoms with Crippen LogP contribution in [0.5, 0.6) is 0 Å². The Morgan fingerprint density at radius 3 is 0.792 bits per heavy atom. The summed E-state index contributed by atoms with van der Waals surface area (Å²) in [6, 6.07) is 30.9. The van der Waals surface area contributed by atoms with Gasteiger partial charge >= 0.3 is 0 Å². The molecule has 0 saturated carbocycles. The lowest BCUT2D eigenvalue weighted by Gasteiger charge is -2.07. The number of terminal acetylenes is 1. The zero-order valence-electron chi connectivity index (χ0n) is 13.2. The highest BCUT2D eigenvalue weighted by Gasteiger charge is 2.02. The van der Waals surface area contributed by atoms with E-state index in [1.165, 1.54) is 43.1 Å². The van der Waals surface area contributed by atoms with Gasteiger partial charge in [-0.15, -0.1) is 12.8 Å². The molecule has 112 valence electrons. The predicted molar refractivity (Wildman–Crippen MR) is 106 cm³/mol. The Morgan fingerprint density at radius 2 is 0.542 bits per heavy atom. The topological polar surface area (TPSA) is 0 Å². The van der Waals surface area contributed by atoms with Crippen LogP contribution in [-0.2, 0) is 0 Å². The molecule has 5 aromatic rings. The molecule has 0 atom stereocenters. The van der Waals surface area contributed by atoms with Crippen LogP contribution in [0.15, 0.2) is 84.9 Å². The fourth-order valence-corrected chi connectivity index (χ4v) is 3.39. The first kappa shape index (κ1) is 14.3. The van der Waals surface area contributed by atoms with Crippen molar-refractivity contribution in [2.45, 2.75) is 0 Å². The summed E-state index contributed by atoms with van der Waals surface area (Å²) in [5.74, 6) is 0. The number of rotatable bonds is 0. The highest BCUT2D eigenvalue weighted by molar-refractivity contribution is 6.08. The third-order valence-corrected chi connectivity index (χ3v) is 4.52. The van der Waals surface area contributed by atoms with Crippen LogP contribution >= 0.6 is 0 Å². The molecular weight excluding hydrogens is 288 g/mol. The summed E-state index contributed by atoms with van der Waals surface area (Å²) >= 11 is 0. The van der Waals surface area contributed by atoms with E-state index in [9.17, 15) is 0 Å². The van der Waals surface area contributed by atoms with Gasteiger partial charge in [0.2, 0.25) is 0 Å². The zero-order valence-corrected chi connectivity index (χ0v) is 13.2. The van der Waals surface area contributed by atoms with Crippen molar-refractivity contribution in [1.82, 2.24) is 0 Å². The minimum Gasteiger partial charge on any atom is -0.124 e. The first-order chi connectivity index (χ1) is 11.9. The molecule has 0 aromatic heterocycles. The average molecular weight is 304 g/mol. The van der Waals surface area contributed by atoms with Crippen molar-refractivity contribution in [3.8, 4) is 12.8 Å². The Hall–Kier alpha value is -3.30. The molecule has 0 aliphatic carbocycles. The Kier molecular flexibility index (Phi) is 3.41. The van der Waals surface area contributed by atoms with Gasteiger partial charge in [-0.3, -0.25) is 0 Å². The van der Waals surface area contributed by atoms with Gasteiger partial charge in [0.05, 0.1) is 0 Å². The molecule has 24 heavy (non-hydrogen) atoms. The van der Waals surface area contributed by atoms with Gasteiger partial charge in [0.1, 0.15) is 0 Å². The fourth-order valence-electron chi connectivity index (χ4n) is 3.39. The average Bonchev–Trinajstić information content (AvgIpc) is 2.64. The summed E-state index contributed by atoms with van der Waals surface area (Å²) in [5.41, 5.74) is 0. The zero-order chi connectivity index (χ0) is 16.5. The van der Waals surface area contributed by atoms with Gasteiger partial charge in [0, 0.05) is 0 Å². The van der Waals surface area contributed by atoms with Crippen LogP contribution in [0, 0.1) is 12.8 Å². The lowest BCUT2D eigenvalue weighted by Crippen LogP contribution is -1.80. The molecule has 0 unspecified atom stereocenters.